The molecule has 96 valence electrons. The predicted molar refractivity (Wildman–Crippen MR) is 60.4 cm³/mol. The molecule has 0 aliphatic carbocycles. The largest absolute Gasteiger partial charge is 0.598 e. The lowest BCUT2D eigenvalue weighted by Gasteiger charge is -2.15. The SMILES string of the molecule is C[S+]([O-])NCC(N)c1cccc(C(F)(F)F)c1. The second-order valence-electron chi connectivity index (χ2n) is 3.53. The highest BCUT2D eigenvalue weighted by atomic mass is 32.2. The number of benzene rings is 1. The molecule has 1 aromatic rings. The van der Waals surface area contributed by atoms with Crippen LogP contribution < -0.4 is 10.5 Å². The summed E-state index contributed by atoms with van der Waals surface area (Å²) < 4.78 is 50.7. The maximum absolute atomic E-state index is 12.4. The second kappa shape index (κ2) is 5.72. The topological polar surface area (TPSA) is 61.1 Å². The molecule has 0 saturated heterocycles. The fraction of sp³-hybridized carbons (Fsp3) is 0.400. The second-order valence-corrected chi connectivity index (χ2v) is 4.73. The number of hydrogen-bond donors (Lipinski definition) is 2. The van der Waals surface area contributed by atoms with Crippen LogP contribution >= 0.6 is 0 Å². The van der Waals surface area contributed by atoms with Crippen LogP contribution in [0.5, 0.6) is 0 Å². The van der Waals surface area contributed by atoms with E-state index in [1.807, 2.05) is 0 Å². The van der Waals surface area contributed by atoms with E-state index in [1.54, 1.807) is 0 Å². The molecule has 0 aliphatic heterocycles. The molecule has 1 rings (SSSR count). The molecule has 17 heavy (non-hydrogen) atoms. The summed E-state index contributed by atoms with van der Waals surface area (Å²) in [7, 11) is 0. The highest BCUT2D eigenvalue weighted by Gasteiger charge is 2.30. The third kappa shape index (κ3) is 4.55. The number of nitrogens with one attached hydrogen (secondary N) is 1. The minimum absolute atomic E-state index is 0.157. The molecule has 0 heterocycles. The van der Waals surface area contributed by atoms with Crippen LogP contribution in [0.15, 0.2) is 24.3 Å². The molecule has 0 saturated carbocycles. The first-order chi connectivity index (χ1) is 7.80. The number of nitrogens with two attached hydrogens (primary N) is 1. The minimum atomic E-state index is -4.38. The lowest BCUT2D eigenvalue weighted by Crippen LogP contribution is -2.31. The molecule has 0 bridgehead atoms. The van der Waals surface area contributed by atoms with Crippen molar-refractivity contribution in [2.24, 2.45) is 5.73 Å². The number of rotatable bonds is 4. The van der Waals surface area contributed by atoms with E-state index in [4.69, 9.17) is 5.73 Å². The Morgan fingerprint density at radius 1 is 1.47 bits per heavy atom. The summed E-state index contributed by atoms with van der Waals surface area (Å²) in [6, 6.07) is 4.19. The minimum Gasteiger partial charge on any atom is -0.598 e. The maximum Gasteiger partial charge on any atom is 0.416 e. The van der Waals surface area contributed by atoms with Gasteiger partial charge in [0.25, 0.3) is 0 Å². The molecule has 0 spiro atoms. The molecule has 0 aromatic heterocycles. The van der Waals surface area contributed by atoms with Crippen molar-refractivity contribution in [1.29, 1.82) is 0 Å². The number of halogens is 3. The van der Waals surface area contributed by atoms with Gasteiger partial charge in [-0.3, -0.25) is 0 Å². The van der Waals surface area contributed by atoms with E-state index < -0.39 is 29.1 Å². The fourth-order valence-corrected chi connectivity index (χ4v) is 1.68. The van der Waals surface area contributed by atoms with Gasteiger partial charge in [-0.05, 0) is 17.7 Å². The third-order valence-corrected chi connectivity index (χ3v) is 2.72. The van der Waals surface area contributed by atoms with Gasteiger partial charge in [-0.25, -0.2) is 0 Å². The van der Waals surface area contributed by atoms with Gasteiger partial charge in [0.1, 0.15) is 6.26 Å². The Morgan fingerprint density at radius 2 is 2.12 bits per heavy atom. The van der Waals surface area contributed by atoms with E-state index in [2.05, 4.69) is 4.72 Å². The van der Waals surface area contributed by atoms with Crippen LogP contribution in [0.4, 0.5) is 13.2 Å². The summed E-state index contributed by atoms with van der Waals surface area (Å²) in [6.07, 6.45) is -2.95. The van der Waals surface area contributed by atoms with Crippen LogP contribution in [0.2, 0.25) is 0 Å². The Kier molecular flexibility index (Phi) is 4.81. The molecule has 3 nitrogen and oxygen atoms in total. The molecule has 7 heteroatoms. The zero-order valence-electron chi connectivity index (χ0n) is 9.12. The first kappa shape index (κ1) is 14.3. The van der Waals surface area contributed by atoms with Gasteiger partial charge in [0.05, 0.1) is 12.1 Å². The van der Waals surface area contributed by atoms with E-state index >= 15 is 0 Å². The Balaban J connectivity index is 2.77. The summed E-state index contributed by atoms with van der Waals surface area (Å²) in [5.41, 5.74) is 5.32. The normalized spacial score (nSPS) is 15.6. The van der Waals surface area contributed by atoms with Crippen LogP contribution in [0.3, 0.4) is 0 Å². The van der Waals surface area contributed by atoms with Crippen molar-refractivity contribution in [2.75, 3.05) is 12.8 Å². The molecule has 0 amide bonds. The van der Waals surface area contributed by atoms with Gasteiger partial charge in [0, 0.05) is 17.4 Å². The van der Waals surface area contributed by atoms with E-state index in [9.17, 15) is 17.7 Å². The summed E-state index contributed by atoms with van der Waals surface area (Å²) in [5.74, 6) is 0. The first-order valence-corrected chi connectivity index (χ1v) is 6.36. The Hall–Kier alpha value is -0.760. The van der Waals surface area contributed by atoms with Crippen molar-refractivity contribution < 1.29 is 17.7 Å². The summed E-state index contributed by atoms with van der Waals surface area (Å²) in [4.78, 5) is 0. The van der Waals surface area contributed by atoms with Gasteiger partial charge in [0.2, 0.25) is 0 Å². The van der Waals surface area contributed by atoms with E-state index in [0.29, 0.717) is 5.56 Å². The summed E-state index contributed by atoms with van der Waals surface area (Å²) in [5, 5.41) is 0. The highest BCUT2D eigenvalue weighted by molar-refractivity contribution is 7.88. The molecular weight excluding hydrogens is 253 g/mol. The van der Waals surface area contributed by atoms with Crippen molar-refractivity contribution in [2.45, 2.75) is 12.2 Å². The third-order valence-electron chi connectivity index (χ3n) is 2.15. The quantitative estimate of drug-likeness (QED) is 0.813. The fourth-order valence-electron chi connectivity index (χ4n) is 1.27. The van der Waals surface area contributed by atoms with Crippen molar-refractivity contribution in [3.05, 3.63) is 35.4 Å². The lowest BCUT2D eigenvalue weighted by molar-refractivity contribution is -0.137. The van der Waals surface area contributed by atoms with Gasteiger partial charge in [-0.2, -0.15) is 13.2 Å². The van der Waals surface area contributed by atoms with Crippen LogP contribution in [0, 0.1) is 0 Å². The van der Waals surface area contributed by atoms with Crippen molar-refractivity contribution in [3.8, 4) is 0 Å². The van der Waals surface area contributed by atoms with Crippen LogP contribution in [-0.4, -0.2) is 17.4 Å². The van der Waals surface area contributed by atoms with Gasteiger partial charge in [-0.1, -0.05) is 12.1 Å². The van der Waals surface area contributed by atoms with Crippen LogP contribution in [0.1, 0.15) is 17.2 Å². The van der Waals surface area contributed by atoms with Gasteiger partial charge in [-0.15, -0.1) is 4.72 Å². The van der Waals surface area contributed by atoms with Gasteiger partial charge >= 0.3 is 6.18 Å². The lowest BCUT2D eigenvalue weighted by atomic mass is 10.0. The van der Waals surface area contributed by atoms with Crippen molar-refractivity contribution in [1.82, 2.24) is 4.72 Å². The Bertz CT molecular complexity index is 371. The zero-order chi connectivity index (χ0) is 13.1. The van der Waals surface area contributed by atoms with Crippen LogP contribution in [-0.2, 0) is 17.5 Å². The Morgan fingerprint density at radius 3 is 2.65 bits per heavy atom. The zero-order valence-corrected chi connectivity index (χ0v) is 9.94. The average Bonchev–Trinajstić information content (AvgIpc) is 2.25. The smallest absolute Gasteiger partial charge is 0.416 e. The van der Waals surface area contributed by atoms with Gasteiger partial charge in [0.15, 0.2) is 0 Å². The first-order valence-electron chi connectivity index (χ1n) is 4.80. The molecular formula is C10H13F3N2OS. The number of alkyl halides is 3. The van der Waals surface area contributed by atoms with E-state index in [1.165, 1.54) is 18.4 Å². The molecule has 1 aromatic carbocycles. The maximum atomic E-state index is 12.4. The molecule has 2 unspecified atom stereocenters. The molecule has 0 fully saturated rings. The summed E-state index contributed by atoms with van der Waals surface area (Å²) >= 11 is -1.23. The van der Waals surface area contributed by atoms with E-state index in [0.717, 1.165) is 12.1 Å². The monoisotopic (exact) mass is 266 g/mol. The molecule has 0 aliphatic rings. The van der Waals surface area contributed by atoms with Crippen molar-refractivity contribution >= 4 is 11.4 Å². The van der Waals surface area contributed by atoms with Crippen molar-refractivity contribution in [3.63, 3.8) is 0 Å². The van der Waals surface area contributed by atoms with E-state index in [-0.39, 0.29) is 6.54 Å². The van der Waals surface area contributed by atoms with Crippen LogP contribution in [0.25, 0.3) is 0 Å². The summed E-state index contributed by atoms with van der Waals surface area (Å²) in [6.45, 7) is 0.157. The molecule has 0 radical (unpaired) electrons. The highest BCUT2D eigenvalue weighted by Crippen LogP contribution is 2.30. The average molecular weight is 266 g/mol. The predicted octanol–water partition coefficient (Wildman–Crippen LogP) is 1.59. The standard InChI is InChI=1S/C10H13F3N2OS/c1-17(16)15-6-9(14)7-3-2-4-8(5-7)10(11,12)13/h2-5,9,15H,6,14H2,1H3. The molecule has 2 atom stereocenters. The molecule has 3 N–H and O–H groups in total. The Labute approximate surface area is 101 Å². The van der Waals surface area contributed by atoms with Gasteiger partial charge < -0.3 is 10.3 Å². The number of hydrogen-bond acceptors (Lipinski definition) is 3.